The summed E-state index contributed by atoms with van der Waals surface area (Å²) in [5.74, 6) is -2.58. The van der Waals surface area contributed by atoms with E-state index in [2.05, 4.69) is 30.1 Å². The zero-order valence-electron chi connectivity index (χ0n) is 21.7. The maximum atomic E-state index is 15.7. The molecule has 5 heterocycles. The Hall–Kier alpha value is -4.59. The summed E-state index contributed by atoms with van der Waals surface area (Å²) in [6, 6.07) is 4.68. The van der Waals surface area contributed by atoms with Crippen molar-refractivity contribution in [3.05, 3.63) is 59.4 Å². The molecule has 12 nitrogen and oxygen atoms in total. The van der Waals surface area contributed by atoms with Crippen LogP contribution >= 0.6 is 0 Å². The second-order valence-electron chi connectivity index (χ2n) is 9.56. The van der Waals surface area contributed by atoms with Crippen LogP contribution in [0.5, 0.6) is 0 Å². The number of morpholine rings is 1. The van der Waals surface area contributed by atoms with Gasteiger partial charge >= 0.3 is 6.09 Å². The lowest BCUT2D eigenvalue weighted by Crippen LogP contribution is -2.48. The summed E-state index contributed by atoms with van der Waals surface area (Å²) in [5, 5.41) is 6.30. The number of rotatable bonds is 5. The van der Waals surface area contributed by atoms with Crippen molar-refractivity contribution >= 4 is 29.0 Å². The normalized spacial score (nSPS) is 15.8. The lowest BCUT2D eigenvalue weighted by molar-refractivity contribution is 0.0804. The number of imidazole rings is 1. The fraction of sp³-hybridized carbons (Fsp3) is 0.346. The monoisotopic (exact) mass is 553 g/mol. The van der Waals surface area contributed by atoms with Crippen LogP contribution < -0.4 is 10.2 Å². The van der Waals surface area contributed by atoms with Crippen molar-refractivity contribution in [1.29, 1.82) is 0 Å². The summed E-state index contributed by atoms with van der Waals surface area (Å²) in [7, 11) is 1.28. The van der Waals surface area contributed by atoms with Gasteiger partial charge < -0.3 is 29.1 Å². The molecule has 0 radical (unpaired) electrons. The van der Waals surface area contributed by atoms with Gasteiger partial charge in [0.1, 0.15) is 17.2 Å². The molecule has 3 aromatic heterocycles. The van der Waals surface area contributed by atoms with Crippen molar-refractivity contribution in [3.8, 4) is 11.4 Å². The van der Waals surface area contributed by atoms with Gasteiger partial charge in [0.15, 0.2) is 5.82 Å². The molecule has 0 bridgehead atoms. The maximum Gasteiger partial charge on any atom is 0.409 e. The minimum Gasteiger partial charge on any atom is -0.453 e. The highest BCUT2D eigenvalue weighted by Gasteiger charge is 2.36. The third kappa shape index (κ3) is 4.49. The molecule has 4 aromatic rings. The van der Waals surface area contributed by atoms with Gasteiger partial charge in [-0.1, -0.05) is 5.16 Å². The SMILES string of the molecule is COC(=O)N1CC(c2nc(-c3cc(F)c(C)c(NC(=O)c4cnc5cc(N6CCOCC6)ccn45)c3F)no2)C1. The Morgan fingerprint density at radius 2 is 1.95 bits per heavy atom. The highest BCUT2D eigenvalue weighted by Crippen LogP contribution is 2.33. The number of halogens is 2. The van der Waals surface area contributed by atoms with E-state index in [0.29, 0.717) is 32.0 Å². The molecule has 2 saturated heterocycles. The Bertz CT molecular complexity index is 1610. The van der Waals surface area contributed by atoms with Gasteiger partial charge in [-0.3, -0.25) is 9.20 Å². The molecule has 2 fully saturated rings. The van der Waals surface area contributed by atoms with E-state index in [4.69, 9.17) is 9.26 Å². The lowest BCUT2D eigenvalue weighted by Gasteiger charge is -2.35. The smallest absolute Gasteiger partial charge is 0.409 e. The van der Waals surface area contributed by atoms with Gasteiger partial charge in [-0.15, -0.1) is 0 Å². The lowest BCUT2D eigenvalue weighted by atomic mass is 10.0. The van der Waals surface area contributed by atoms with Crippen LogP contribution in [-0.2, 0) is 9.47 Å². The number of hydrogen-bond donors (Lipinski definition) is 1. The van der Waals surface area contributed by atoms with Gasteiger partial charge in [-0.05, 0) is 19.1 Å². The van der Waals surface area contributed by atoms with E-state index in [0.717, 1.165) is 24.8 Å². The maximum absolute atomic E-state index is 15.7. The first kappa shape index (κ1) is 25.7. The molecule has 2 aliphatic heterocycles. The Kier molecular flexibility index (Phi) is 6.54. The van der Waals surface area contributed by atoms with Gasteiger partial charge in [0.2, 0.25) is 11.7 Å². The number of nitrogens with one attached hydrogen (secondary N) is 1. The molecule has 40 heavy (non-hydrogen) atoms. The molecule has 0 saturated carbocycles. The topological polar surface area (TPSA) is 127 Å². The highest BCUT2D eigenvalue weighted by molar-refractivity contribution is 6.04. The van der Waals surface area contributed by atoms with Gasteiger partial charge in [-0.25, -0.2) is 18.6 Å². The summed E-state index contributed by atoms with van der Waals surface area (Å²) in [4.78, 5) is 36.9. The fourth-order valence-corrected chi connectivity index (χ4v) is 4.79. The molecule has 1 N–H and O–H groups in total. The van der Waals surface area contributed by atoms with Crippen molar-refractivity contribution in [1.82, 2.24) is 24.4 Å². The van der Waals surface area contributed by atoms with Crippen LogP contribution in [0.15, 0.2) is 35.1 Å². The second kappa shape index (κ2) is 10.2. The number of amides is 2. The number of aromatic nitrogens is 4. The zero-order chi connectivity index (χ0) is 28.0. The third-order valence-electron chi connectivity index (χ3n) is 7.15. The number of pyridine rings is 1. The Labute approximate surface area is 226 Å². The van der Waals surface area contributed by atoms with E-state index in [1.54, 1.807) is 10.6 Å². The number of anilines is 2. The average Bonchev–Trinajstić information content (AvgIpc) is 3.60. The Morgan fingerprint density at radius 3 is 2.70 bits per heavy atom. The fourth-order valence-electron chi connectivity index (χ4n) is 4.79. The van der Waals surface area contributed by atoms with E-state index in [-0.39, 0.29) is 40.1 Å². The number of carbonyl (C=O) groups is 2. The average molecular weight is 554 g/mol. The predicted octanol–water partition coefficient (Wildman–Crippen LogP) is 3.23. The molecule has 208 valence electrons. The van der Waals surface area contributed by atoms with Crippen LogP contribution in [-0.4, -0.2) is 82.9 Å². The number of benzene rings is 1. The summed E-state index contributed by atoms with van der Waals surface area (Å²) >= 11 is 0. The quantitative estimate of drug-likeness (QED) is 0.396. The third-order valence-corrected chi connectivity index (χ3v) is 7.15. The Balaban J connectivity index is 1.24. The van der Waals surface area contributed by atoms with E-state index >= 15 is 4.39 Å². The molecule has 2 aliphatic rings. The van der Waals surface area contributed by atoms with Crippen LogP contribution in [0.25, 0.3) is 17.0 Å². The number of carbonyl (C=O) groups excluding carboxylic acids is 2. The molecule has 0 unspecified atom stereocenters. The second-order valence-corrected chi connectivity index (χ2v) is 9.56. The number of ether oxygens (including phenoxy) is 2. The van der Waals surface area contributed by atoms with E-state index in [9.17, 15) is 14.0 Å². The molecule has 0 atom stereocenters. The Morgan fingerprint density at radius 1 is 1.18 bits per heavy atom. The molecule has 14 heteroatoms. The number of methoxy groups -OCH3 is 1. The van der Waals surface area contributed by atoms with Crippen molar-refractivity contribution in [2.45, 2.75) is 12.8 Å². The largest absolute Gasteiger partial charge is 0.453 e. The van der Waals surface area contributed by atoms with Crippen LogP contribution in [0.1, 0.15) is 27.9 Å². The van der Waals surface area contributed by atoms with Gasteiger partial charge in [0.05, 0.1) is 43.7 Å². The van der Waals surface area contributed by atoms with Gasteiger partial charge in [0, 0.05) is 49.7 Å². The summed E-state index contributed by atoms with van der Waals surface area (Å²) in [6.07, 6.45) is 2.61. The first-order valence-corrected chi connectivity index (χ1v) is 12.6. The van der Waals surface area contributed by atoms with Crippen molar-refractivity contribution in [2.75, 3.05) is 56.7 Å². The summed E-state index contributed by atoms with van der Waals surface area (Å²) < 4.78 is 47.5. The van der Waals surface area contributed by atoms with Crippen LogP contribution in [0.4, 0.5) is 25.0 Å². The van der Waals surface area contributed by atoms with Crippen molar-refractivity contribution < 1.29 is 32.4 Å². The van der Waals surface area contributed by atoms with Gasteiger partial charge in [0.25, 0.3) is 5.91 Å². The van der Waals surface area contributed by atoms with Crippen molar-refractivity contribution in [3.63, 3.8) is 0 Å². The zero-order valence-corrected chi connectivity index (χ0v) is 21.7. The van der Waals surface area contributed by atoms with E-state index in [1.165, 1.54) is 25.1 Å². The van der Waals surface area contributed by atoms with E-state index < -0.39 is 23.6 Å². The predicted molar refractivity (Wildman–Crippen MR) is 137 cm³/mol. The van der Waals surface area contributed by atoms with Crippen LogP contribution in [0, 0.1) is 18.6 Å². The number of nitrogens with zero attached hydrogens (tertiary/aromatic N) is 6. The van der Waals surface area contributed by atoms with Crippen LogP contribution in [0.2, 0.25) is 0 Å². The molecule has 6 rings (SSSR count). The summed E-state index contributed by atoms with van der Waals surface area (Å²) in [6.45, 7) is 4.72. The minimum absolute atomic E-state index is 0.0885. The number of likely N-dealkylation sites (tertiary alicyclic amines) is 1. The standard InChI is InChI=1S/C26H25F2N7O5/c1-14-18(27)10-17(23-31-25(40-32-23)15-12-34(13-15)26(37)38-2)21(28)22(14)30-24(36)19-11-29-20-9-16(3-4-35(19)20)33-5-7-39-8-6-33/h3-4,9-11,15H,5-8,12-13H2,1-2H3,(H,30,36). The number of hydrogen-bond acceptors (Lipinski definition) is 9. The highest BCUT2D eigenvalue weighted by atomic mass is 19.1. The van der Waals surface area contributed by atoms with Gasteiger partial charge in [-0.2, -0.15) is 4.98 Å². The minimum atomic E-state index is -0.909. The molecule has 0 spiro atoms. The molecule has 0 aliphatic carbocycles. The molecular weight excluding hydrogens is 528 g/mol. The van der Waals surface area contributed by atoms with Crippen LogP contribution in [0.3, 0.4) is 0 Å². The summed E-state index contributed by atoms with van der Waals surface area (Å²) in [5.41, 5.74) is 0.930. The molecular formula is C26H25F2N7O5. The first-order valence-electron chi connectivity index (χ1n) is 12.6. The van der Waals surface area contributed by atoms with E-state index in [1.807, 2.05) is 12.1 Å². The first-order chi connectivity index (χ1) is 19.3. The van der Waals surface area contributed by atoms with Crippen molar-refractivity contribution in [2.24, 2.45) is 0 Å². The molecule has 2 amide bonds. The number of fused-ring (bicyclic) bond motifs is 1. The molecule has 1 aromatic carbocycles.